The molecule has 5 aromatic rings. The van der Waals surface area contributed by atoms with Gasteiger partial charge in [0.25, 0.3) is 0 Å². The third-order valence-electron chi connectivity index (χ3n) is 4.82. The summed E-state index contributed by atoms with van der Waals surface area (Å²) in [6.45, 7) is 2.31. The van der Waals surface area contributed by atoms with Crippen molar-refractivity contribution < 1.29 is 9.13 Å². The number of benzene rings is 1. The molecule has 1 atom stereocenters. The number of nitrogens with zero attached hydrogens (tertiary/aromatic N) is 10. The largest absolute Gasteiger partial charge is 0.472 e. The zero-order chi connectivity index (χ0) is 22.8. The van der Waals surface area contributed by atoms with Gasteiger partial charge in [0, 0.05) is 11.6 Å². The van der Waals surface area contributed by atoms with Crippen molar-refractivity contribution >= 4 is 11.2 Å². The van der Waals surface area contributed by atoms with Crippen molar-refractivity contribution in [1.29, 1.82) is 5.26 Å². The van der Waals surface area contributed by atoms with Crippen molar-refractivity contribution in [3.05, 3.63) is 66.6 Å². The van der Waals surface area contributed by atoms with Crippen LogP contribution in [-0.4, -0.2) is 51.0 Å². The molecule has 162 valence electrons. The second-order valence-corrected chi connectivity index (χ2v) is 7.17. The van der Waals surface area contributed by atoms with Crippen LogP contribution in [0.1, 0.15) is 12.5 Å². The first-order valence-corrected chi connectivity index (χ1v) is 9.85. The van der Waals surface area contributed by atoms with Crippen LogP contribution in [0, 0.1) is 17.1 Å². The van der Waals surface area contributed by atoms with E-state index in [1.165, 1.54) is 30.9 Å². The number of imidazole rings is 1. The molecule has 4 heterocycles. The minimum atomic E-state index is -0.460. The molecule has 5 rings (SSSR count). The minimum absolute atomic E-state index is 0.257. The maximum Gasteiger partial charge on any atom is 0.234 e. The van der Waals surface area contributed by atoms with Crippen molar-refractivity contribution in [3.8, 4) is 28.9 Å². The molecule has 11 nitrogen and oxygen atoms in total. The molecule has 0 fully saturated rings. The van der Waals surface area contributed by atoms with E-state index in [1.54, 1.807) is 33.6 Å². The SMILES string of the molecule is C[C@@H](Cn1cnnn1)Oc1cc(-c2ccc3ncn(-c4cc(F)ccc4C#N)c3n2)cnn1. The van der Waals surface area contributed by atoms with Crippen LogP contribution in [0.15, 0.2) is 55.2 Å². The number of pyridine rings is 1. The molecule has 0 aliphatic rings. The quantitative estimate of drug-likeness (QED) is 0.388. The number of ether oxygens (including phenoxy) is 1. The van der Waals surface area contributed by atoms with Gasteiger partial charge in [0.1, 0.15) is 36.2 Å². The van der Waals surface area contributed by atoms with Gasteiger partial charge in [-0.1, -0.05) is 0 Å². The molecule has 1 aromatic carbocycles. The van der Waals surface area contributed by atoms with E-state index in [9.17, 15) is 9.65 Å². The zero-order valence-corrected chi connectivity index (χ0v) is 17.2. The van der Waals surface area contributed by atoms with Gasteiger partial charge in [0.15, 0.2) is 5.65 Å². The molecule has 0 spiro atoms. The van der Waals surface area contributed by atoms with E-state index in [4.69, 9.17) is 4.74 Å². The highest BCUT2D eigenvalue weighted by atomic mass is 19.1. The van der Waals surface area contributed by atoms with Gasteiger partial charge in [-0.2, -0.15) is 10.4 Å². The first kappa shape index (κ1) is 20.1. The van der Waals surface area contributed by atoms with Gasteiger partial charge in [0.05, 0.1) is 29.7 Å². The predicted octanol–water partition coefficient (Wildman–Crippen LogP) is 2.34. The number of hydrogen-bond donors (Lipinski definition) is 0. The number of fused-ring (bicyclic) bond motifs is 1. The summed E-state index contributed by atoms with van der Waals surface area (Å²) in [4.78, 5) is 9.01. The summed E-state index contributed by atoms with van der Waals surface area (Å²) < 4.78 is 22.9. The summed E-state index contributed by atoms with van der Waals surface area (Å²) in [5.74, 6) is -0.140. The van der Waals surface area contributed by atoms with Gasteiger partial charge in [-0.3, -0.25) is 4.57 Å². The van der Waals surface area contributed by atoms with Gasteiger partial charge in [-0.25, -0.2) is 19.0 Å². The Morgan fingerprint density at radius 3 is 2.88 bits per heavy atom. The number of nitriles is 1. The summed E-state index contributed by atoms with van der Waals surface area (Å²) >= 11 is 0. The molecule has 0 saturated heterocycles. The number of hydrogen-bond acceptors (Lipinski definition) is 9. The van der Waals surface area contributed by atoms with Crippen LogP contribution >= 0.6 is 0 Å². The fourth-order valence-electron chi connectivity index (χ4n) is 3.34. The molecule has 4 aromatic heterocycles. The third kappa shape index (κ3) is 4.07. The van der Waals surface area contributed by atoms with Gasteiger partial charge in [-0.05, 0) is 47.7 Å². The lowest BCUT2D eigenvalue weighted by Crippen LogP contribution is -2.20. The standard InChI is InChI=1S/C21H15FN10O/c1-13(10-31-12-26-29-30-31)33-20-6-15(9-25-28-20)17-4-5-18-21(27-17)32(11-24-18)19-7-16(22)3-2-14(19)8-23/h2-7,9,11-13H,10H2,1H3/t13-/m0/s1. The molecule has 0 saturated carbocycles. The lowest BCUT2D eigenvalue weighted by Gasteiger charge is -2.13. The summed E-state index contributed by atoms with van der Waals surface area (Å²) in [6.07, 6.45) is 4.32. The highest BCUT2D eigenvalue weighted by molar-refractivity contribution is 5.77. The second-order valence-electron chi connectivity index (χ2n) is 7.17. The minimum Gasteiger partial charge on any atom is -0.472 e. The predicted molar refractivity (Wildman–Crippen MR) is 112 cm³/mol. The Balaban J connectivity index is 1.48. The van der Waals surface area contributed by atoms with Crippen molar-refractivity contribution in [1.82, 2.24) is 44.9 Å². The Hall–Kier alpha value is -4.79. The molecule has 0 bridgehead atoms. The molecule has 0 radical (unpaired) electrons. The summed E-state index contributed by atoms with van der Waals surface area (Å²) in [6, 6.07) is 11.3. The molecular formula is C21H15FN10O. The third-order valence-corrected chi connectivity index (χ3v) is 4.82. The van der Waals surface area contributed by atoms with Crippen LogP contribution in [0.5, 0.6) is 5.88 Å². The highest BCUT2D eigenvalue weighted by Crippen LogP contribution is 2.25. The van der Waals surface area contributed by atoms with Crippen LogP contribution in [-0.2, 0) is 6.54 Å². The zero-order valence-electron chi connectivity index (χ0n) is 17.2. The Bertz CT molecular complexity index is 1470. The Kier molecular flexibility index (Phi) is 5.12. The maximum absolute atomic E-state index is 13.9. The lowest BCUT2D eigenvalue weighted by molar-refractivity contribution is 0.183. The summed E-state index contributed by atoms with van der Waals surface area (Å²) in [5.41, 5.74) is 3.00. The van der Waals surface area contributed by atoms with Crippen LogP contribution < -0.4 is 4.74 Å². The van der Waals surface area contributed by atoms with Crippen molar-refractivity contribution in [2.24, 2.45) is 0 Å². The Labute approximate surface area is 186 Å². The lowest BCUT2D eigenvalue weighted by atomic mass is 10.2. The van der Waals surface area contributed by atoms with Crippen LogP contribution in [0.25, 0.3) is 28.1 Å². The van der Waals surface area contributed by atoms with E-state index in [2.05, 4.69) is 41.8 Å². The van der Waals surface area contributed by atoms with E-state index < -0.39 is 5.82 Å². The van der Waals surface area contributed by atoms with E-state index >= 15 is 0 Å². The summed E-state index contributed by atoms with van der Waals surface area (Å²) in [7, 11) is 0. The van der Waals surface area contributed by atoms with Crippen molar-refractivity contribution in [3.63, 3.8) is 0 Å². The second kappa shape index (κ2) is 8.39. The average Bonchev–Trinajstić information content (AvgIpc) is 3.48. The Morgan fingerprint density at radius 2 is 2.06 bits per heavy atom. The van der Waals surface area contributed by atoms with Crippen molar-refractivity contribution in [2.45, 2.75) is 19.6 Å². The number of aromatic nitrogens is 9. The Morgan fingerprint density at radius 1 is 1.15 bits per heavy atom. The normalized spacial score (nSPS) is 11.9. The molecule has 0 aliphatic heterocycles. The topological polar surface area (TPSA) is 133 Å². The molecule has 0 N–H and O–H groups in total. The number of halogens is 1. The van der Waals surface area contributed by atoms with Crippen LogP contribution in [0.2, 0.25) is 0 Å². The van der Waals surface area contributed by atoms with E-state index in [-0.39, 0.29) is 6.10 Å². The first-order chi connectivity index (χ1) is 16.1. The molecule has 33 heavy (non-hydrogen) atoms. The fourth-order valence-corrected chi connectivity index (χ4v) is 3.34. The van der Waals surface area contributed by atoms with E-state index in [1.807, 2.05) is 6.92 Å². The molecule has 0 aliphatic carbocycles. The highest BCUT2D eigenvalue weighted by Gasteiger charge is 2.14. The molecular weight excluding hydrogens is 427 g/mol. The van der Waals surface area contributed by atoms with Gasteiger partial charge in [-0.15, -0.1) is 10.2 Å². The first-order valence-electron chi connectivity index (χ1n) is 9.85. The average molecular weight is 442 g/mol. The molecule has 0 amide bonds. The van der Waals surface area contributed by atoms with Gasteiger partial charge < -0.3 is 4.74 Å². The summed E-state index contributed by atoms with van der Waals surface area (Å²) in [5, 5.41) is 28.5. The van der Waals surface area contributed by atoms with Crippen molar-refractivity contribution in [2.75, 3.05) is 0 Å². The molecule has 12 heteroatoms. The number of rotatable bonds is 6. The maximum atomic E-state index is 13.9. The number of tetrazole rings is 1. The van der Waals surface area contributed by atoms with Gasteiger partial charge >= 0.3 is 0 Å². The smallest absolute Gasteiger partial charge is 0.234 e. The van der Waals surface area contributed by atoms with Gasteiger partial charge in [0.2, 0.25) is 5.88 Å². The van der Waals surface area contributed by atoms with E-state index in [0.29, 0.717) is 46.1 Å². The fraction of sp³-hybridized carbons (Fsp3) is 0.143. The van der Waals surface area contributed by atoms with Crippen LogP contribution in [0.3, 0.4) is 0 Å². The van der Waals surface area contributed by atoms with E-state index in [0.717, 1.165) is 0 Å². The van der Waals surface area contributed by atoms with Crippen LogP contribution in [0.4, 0.5) is 4.39 Å². The molecule has 0 unspecified atom stereocenters. The monoisotopic (exact) mass is 442 g/mol.